The zero-order chi connectivity index (χ0) is 21.8. The Morgan fingerprint density at radius 1 is 0.806 bits per heavy atom. The van der Waals surface area contributed by atoms with Crippen molar-refractivity contribution in [2.45, 2.75) is 26.2 Å². The molecule has 0 bridgehead atoms. The summed E-state index contributed by atoms with van der Waals surface area (Å²) >= 11 is 5.74. The lowest BCUT2D eigenvalue weighted by Gasteiger charge is -2.08. The first-order valence-electron chi connectivity index (χ1n) is 10.3. The topological polar surface area (TPSA) is 0 Å². The quantitative estimate of drug-likeness (QED) is 0.286. The molecule has 0 aliphatic rings. The van der Waals surface area contributed by atoms with E-state index in [0.717, 1.165) is 22.9 Å². The molecule has 0 aliphatic heterocycles. The lowest BCUT2D eigenvalue weighted by molar-refractivity contribution is 0.627. The molecule has 4 rings (SSSR count). The molecule has 3 heteroatoms. The third-order valence-corrected chi connectivity index (χ3v) is 5.62. The van der Waals surface area contributed by atoms with Gasteiger partial charge in [-0.25, -0.2) is 8.78 Å². The van der Waals surface area contributed by atoms with E-state index in [1.165, 1.54) is 30.5 Å². The minimum Gasteiger partial charge on any atom is -0.206 e. The fraction of sp³-hybridized carbons (Fsp3) is 0.143. The maximum atomic E-state index is 15.1. The molecular weight excluding hydrogens is 410 g/mol. The average Bonchev–Trinajstić information content (AvgIpc) is 2.79. The Bertz CT molecular complexity index is 1290. The molecule has 154 valence electrons. The molecule has 0 aromatic heterocycles. The Hall–Kier alpha value is -3.15. The number of hydrogen-bond acceptors (Lipinski definition) is 0. The van der Waals surface area contributed by atoms with E-state index in [1.807, 2.05) is 24.3 Å². The number of hydrogen-bond donors (Lipinski definition) is 0. The number of rotatable bonds is 4. The summed E-state index contributed by atoms with van der Waals surface area (Å²) in [6.45, 7) is 2.19. The number of aryl methyl sites for hydroxylation is 1. The van der Waals surface area contributed by atoms with Gasteiger partial charge in [-0.15, -0.1) is 0 Å². The van der Waals surface area contributed by atoms with Crippen LogP contribution in [0.25, 0.3) is 21.9 Å². The number of halogens is 3. The van der Waals surface area contributed by atoms with Gasteiger partial charge in [0.15, 0.2) is 0 Å². The van der Waals surface area contributed by atoms with Crippen molar-refractivity contribution in [2.75, 3.05) is 0 Å². The Kier molecular flexibility index (Phi) is 6.35. The zero-order valence-electron chi connectivity index (χ0n) is 17.2. The minimum atomic E-state index is -0.567. The highest BCUT2D eigenvalue weighted by Gasteiger charge is 2.11. The van der Waals surface area contributed by atoms with Gasteiger partial charge in [-0.3, -0.25) is 0 Å². The van der Waals surface area contributed by atoms with Gasteiger partial charge in [0.25, 0.3) is 0 Å². The van der Waals surface area contributed by atoms with E-state index in [-0.39, 0.29) is 10.8 Å². The van der Waals surface area contributed by atoms with Gasteiger partial charge in [-0.1, -0.05) is 73.2 Å². The van der Waals surface area contributed by atoms with Crippen molar-refractivity contribution in [1.29, 1.82) is 0 Å². The van der Waals surface area contributed by atoms with Crippen LogP contribution in [-0.4, -0.2) is 0 Å². The van der Waals surface area contributed by atoms with Crippen LogP contribution in [0.4, 0.5) is 8.78 Å². The van der Waals surface area contributed by atoms with E-state index in [1.54, 1.807) is 24.3 Å². The van der Waals surface area contributed by atoms with Gasteiger partial charge in [0, 0.05) is 22.1 Å². The molecule has 0 N–H and O–H groups in total. The van der Waals surface area contributed by atoms with Crippen molar-refractivity contribution in [3.63, 3.8) is 0 Å². The number of benzene rings is 4. The van der Waals surface area contributed by atoms with Crippen molar-refractivity contribution in [1.82, 2.24) is 0 Å². The molecule has 0 radical (unpaired) electrons. The average molecular weight is 431 g/mol. The van der Waals surface area contributed by atoms with Gasteiger partial charge in [-0.2, -0.15) is 0 Å². The van der Waals surface area contributed by atoms with E-state index < -0.39 is 5.82 Å². The van der Waals surface area contributed by atoms with Crippen molar-refractivity contribution in [2.24, 2.45) is 0 Å². The van der Waals surface area contributed by atoms with Crippen LogP contribution >= 0.6 is 11.6 Å². The first kappa shape index (κ1) is 21.1. The fourth-order valence-corrected chi connectivity index (χ4v) is 3.65. The number of unbranched alkanes of at least 4 members (excludes halogenated alkanes) is 1. The largest absolute Gasteiger partial charge is 0.206 e. The van der Waals surface area contributed by atoms with E-state index in [2.05, 4.69) is 30.9 Å². The van der Waals surface area contributed by atoms with Gasteiger partial charge < -0.3 is 0 Å². The third kappa shape index (κ3) is 4.79. The van der Waals surface area contributed by atoms with Gasteiger partial charge >= 0.3 is 0 Å². The predicted molar refractivity (Wildman–Crippen MR) is 125 cm³/mol. The normalized spacial score (nSPS) is 10.7. The molecule has 0 atom stereocenters. The maximum absolute atomic E-state index is 15.1. The van der Waals surface area contributed by atoms with E-state index in [4.69, 9.17) is 11.6 Å². The van der Waals surface area contributed by atoms with E-state index in [0.29, 0.717) is 16.5 Å². The molecule has 4 aromatic carbocycles. The molecule has 0 aliphatic carbocycles. The van der Waals surface area contributed by atoms with Crippen LogP contribution in [0.2, 0.25) is 5.02 Å². The summed E-state index contributed by atoms with van der Waals surface area (Å²) < 4.78 is 28.9. The van der Waals surface area contributed by atoms with Crippen molar-refractivity contribution >= 4 is 22.4 Å². The SMILES string of the molecule is CCCCc1ccc(C#Cc2ccc3c(F)c(-c4ccc(Cl)c(F)c4)ccc3c2)cc1. The second kappa shape index (κ2) is 9.33. The molecule has 4 aromatic rings. The zero-order valence-corrected chi connectivity index (χ0v) is 17.9. The fourth-order valence-electron chi connectivity index (χ4n) is 3.54. The summed E-state index contributed by atoms with van der Waals surface area (Å²) in [7, 11) is 0. The molecule has 0 heterocycles. The third-order valence-electron chi connectivity index (χ3n) is 5.31. The van der Waals surface area contributed by atoms with Crippen molar-refractivity contribution < 1.29 is 8.78 Å². The van der Waals surface area contributed by atoms with Gasteiger partial charge in [-0.05, 0) is 65.8 Å². The van der Waals surface area contributed by atoms with E-state index >= 15 is 4.39 Å². The summed E-state index contributed by atoms with van der Waals surface area (Å²) in [5, 5.41) is 1.24. The molecule has 0 nitrogen and oxygen atoms in total. The monoisotopic (exact) mass is 430 g/mol. The van der Waals surface area contributed by atoms with Crippen molar-refractivity contribution in [3.8, 4) is 23.0 Å². The standard InChI is InChI=1S/C28H21ClF2/c1-2-3-4-19-5-7-20(8-6-19)9-10-21-11-14-24-22(17-21)12-15-25(28(24)31)23-13-16-26(29)27(30)18-23/h5-8,11-18H,2-4H2,1H3. The first-order chi connectivity index (χ1) is 15.0. The van der Waals surface area contributed by atoms with Crippen LogP contribution in [0.5, 0.6) is 0 Å². The molecule has 0 fully saturated rings. The Morgan fingerprint density at radius 3 is 2.29 bits per heavy atom. The van der Waals surface area contributed by atoms with Crippen LogP contribution in [0.1, 0.15) is 36.5 Å². The second-order valence-corrected chi connectivity index (χ2v) is 7.95. The van der Waals surface area contributed by atoms with Crippen LogP contribution in [0.15, 0.2) is 72.8 Å². The second-order valence-electron chi connectivity index (χ2n) is 7.54. The Balaban J connectivity index is 1.61. The van der Waals surface area contributed by atoms with Gasteiger partial charge in [0.05, 0.1) is 5.02 Å². The van der Waals surface area contributed by atoms with Crippen molar-refractivity contribution in [3.05, 3.63) is 106 Å². The molecule has 0 unspecified atom stereocenters. The lowest BCUT2D eigenvalue weighted by atomic mass is 9.99. The van der Waals surface area contributed by atoms with Crippen LogP contribution in [-0.2, 0) is 6.42 Å². The van der Waals surface area contributed by atoms with Crippen LogP contribution < -0.4 is 0 Å². The Labute approximate surface area is 186 Å². The molecule has 0 saturated carbocycles. The molecule has 0 saturated heterocycles. The molecule has 31 heavy (non-hydrogen) atoms. The molecule has 0 spiro atoms. The van der Waals surface area contributed by atoms with Gasteiger partial charge in [0.1, 0.15) is 11.6 Å². The number of fused-ring (bicyclic) bond motifs is 1. The highest BCUT2D eigenvalue weighted by molar-refractivity contribution is 6.30. The lowest BCUT2D eigenvalue weighted by Crippen LogP contribution is -1.89. The minimum absolute atomic E-state index is 0.0174. The summed E-state index contributed by atoms with van der Waals surface area (Å²) in [6, 6.07) is 21.5. The summed E-state index contributed by atoms with van der Waals surface area (Å²) in [5.41, 5.74) is 3.88. The molecular formula is C28H21ClF2. The van der Waals surface area contributed by atoms with Crippen LogP contribution in [0, 0.1) is 23.5 Å². The summed E-state index contributed by atoms with van der Waals surface area (Å²) in [5.74, 6) is 5.38. The highest BCUT2D eigenvalue weighted by Crippen LogP contribution is 2.31. The summed E-state index contributed by atoms with van der Waals surface area (Å²) in [4.78, 5) is 0. The van der Waals surface area contributed by atoms with Gasteiger partial charge in [0.2, 0.25) is 0 Å². The first-order valence-corrected chi connectivity index (χ1v) is 10.7. The molecule has 0 amide bonds. The summed E-state index contributed by atoms with van der Waals surface area (Å²) in [6.07, 6.45) is 3.46. The predicted octanol–water partition coefficient (Wildman–Crippen LogP) is 8.18. The van der Waals surface area contributed by atoms with Crippen LogP contribution in [0.3, 0.4) is 0 Å². The smallest absolute Gasteiger partial charge is 0.142 e. The maximum Gasteiger partial charge on any atom is 0.142 e. The highest BCUT2D eigenvalue weighted by atomic mass is 35.5. The van der Waals surface area contributed by atoms with E-state index in [9.17, 15) is 4.39 Å². The Morgan fingerprint density at radius 2 is 1.55 bits per heavy atom.